The predicted molar refractivity (Wildman–Crippen MR) is 170 cm³/mol. The van der Waals surface area contributed by atoms with Crippen LogP contribution in [0.25, 0.3) is 11.1 Å². The highest BCUT2D eigenvalue weighted by atomic mass is 16.6. The van der Waals surface area contributed by atoms with E-state index >= 15 is 0 Å². The molecular weight excluding hydrogens is 536 g/mol. The van der Waals surface area contributed by atoms with Crippen LogP contribution in [0.5, 0.6) is 0 Å². The number of para-hydroxylation sites is 1. The van der Waals surface area contributed by atoms with Crippen molar-refractivity contribution >= 4 is 17.7 Å². The van der Waals surface area contributed by atoms with Gasteiger partial charge in [0.1, 0.15) is 18.8 Å². The minimum Gasteiger partial charge on any atom is -0.467 e. The minimum absolute atomic E-state index is 0.0691. The lowest BCUT2D eigenvalue weighted by molar-refractivity contribution is -0.145. The Bertz CT molecular complexity index is 1560. The summed E-state index contributed by atoms with van der Waals surface area (Å²) in [4.78, 5) is 28.9. The minimum atomic E-state index is -0.758. The van der Waals surface area contributed by atoms with Crippen LogP contribution in [0.15, 0.2) is 96.1 Å². The van der Waals surface area contributed by atoms with Gasteiger partial charge in [0, 0.05) is 17.0 Å². The van der Waals surface area contributed by atoms with Crippen LogP contribution in [0.2, 0.25) is 0 Å². The van der Waals surface area contributed by atoms with Crippen molar-refractivity contribution < 1.29 is 19.1 Å². The molecule has 1 fully saturated rings. The smallest absolute Gasteiger partial charge is 0.412 e. The molecule has 3 aliphatic rings. The second kappa shape index (κ2) is 11.8. The first-order chi connectivity index (χ1) is 20.8. The standard InChI is InChI=1S/C37H40N2O4/c1-24(2)12-11-13-25(3)20-21-37-22-33(34(40)42-4)39(35(37)38-32-19-10-9-18-31(32)37)36(41)43-23-30-28-16-7-5-14-26(28)27-15-6-8-17-29(27)30/h5-10,12,14-20,30,33,35,38H,11,13,21-23H2,1-4H3/b25-20+/t33-,35+,37+/m0/s1. The lowest BCUT2D eigenvalue weighted by Gasteiger charge is -2.32. The first-order valence-corrected chi connectivity index (χ1v) is 15.2. The number of nitrogens with one attached hydrogen (secondary N) is 1. The van der Waals surface area contributed by atoms with Crippen LogP contribution in [-0.4, -0.2) is 42.9 Å². The zero-order valence-corrected chi connectivity index (χ0v) is 25.4. The molecule has 3 aromatic rings. The Kier molecular flexibility index (Phi) is 7.87. The Balaban J connectivity index is 1.29. The van der Waals surface area contributed by atoms with Crippen LogP contribution < -0.4 is 5.32 Å². The molecule has 6 rings (SSSR count). The van der Waals surface area contributed by atoms with Crippen LogP contribution in [-0.2, 0) is 19.7 Å². The molecule has 1 amide bonds. The third-order valence-corrected chi connectivity index (χ3v) is 9.38. The average Bonchev–Trinajstić information content (AvgIpc) is 3.63. The monoisotopic (exact) mass is 576 g/mol. The van der Waals surface area contributed by atoms with Crippen LogP contribution in [0.4, 0.5) is 10.5 Å². The molecule has 6 heteroatoms. The van der Waals surface area contributed by atoms with Gasteiger partial charge in [-0.1, -0.05) is 90.0 Å². The summed E-state index contributed by atoms with van der Waals surface area (Å²) < 4.78 is 11.4. The van der Waals surface area contributed by atoms with Crippen LogP contribution >= 0.6 is 0 Å². The van der Waals surface area contributed by atoms with Gasteiger partial charge in [0.05, 0.1) is 7.11 Å². The highest BCUT2D eigenvalue weighted by Crippen LogP contribution is 2.54. The van der Waals surface area contributed by atoms with Crippen LogP contribution in [0.3, 0.4) is 0 Å². The Labute approximate surface area is 254 Å². The summed E-state index contributed by atoms with van der Waals surface area (Å²) in [5.41, 5.74) is 8.88. The maximum absolute atomic E-state index is 14.1. The molecule has 1 N–H and O–H groups in total. The van der Waals surface area contributed by atoms with Crippen molar-refractivity contribution in [3.8, 4) is 11.1 Å². The molecule has 3 atom stereocenters. The van der Waals surface area contributed by atoms with Gasteiger partial charge in [-0.2, -0.15) is 0 Å². The second-order valence-electron chi connectivity index (χ2n) is 12.3. The number of likely N-dealkylation sites (tertiary alicyclic amines) is 1. The van der Waals surface area contributed by atoms with Crippen molar-refractivity contribution in [1.29, 1.82) is 0 Å². The molecule has 222 valence electrons. The molecule has 0 bridgehead atoms. The molecule has 0 unspecified atom stereocenters. The van der Waals surface area contributed by atoms with E-state index in [1.165, 1.54) is 29.4 Å². The van der Waals surface area contributed by atoms with E-state index in [1.807, 2.05) is 42.5 Å². The predicted octanol–water partition coefficient (Wildman–Crippen LogP) is 7.96. The average molecular weight is 577 g/mol. The molecular formula is C37H40N2O4. The summed E-state index contributed by atoms with van der Waals surface area (Å²) in [6.45, 7) is 6.59. The van der Waals surface area contributed by atoms with Crippen molar-refractivity contribution in [2.24, 2.45) is 0 Å². The number of hydrogen-bond acceptors (Lipinski definition) is 5. The van der Waals surface area contributed by atoms with Gasteiger partial charge in [0.2, 0.25) is 0 Å². The number of amides is 1. The molecule has 3 aromatic carbocycles. The summed E-state index contributed by atoms with van der Waals surface area (Å²) in [6, 6.07) is 24.0. The van der Waals surface area contributed by atoms with E-state index in [-0.39, 0.29) is 12.5 Å². The number of carbonyl (C=O) groups is 2. The zero-order chi connectivity index (χ0) is 30.1. The maximum Gasteiger partial charge on any atom is 0.412 e. The Morgan fingerprint density at radius 1 is 0.930 bits per heavy atom. The van der Waals surface area contributed by atoms with E-state index in [0.717, 1.165) is 35.2 Å². The van der Waals surface area contributed by atoms with E-state index in [2.05, 4.69) is 68.6 Å². The molecule has 0 radical (unpaired) electrons. The van der Waals surface area contributed by atoms with E-state index in [4.69, 9.17) is 9.47 Å². The number of rotatable bonds is 8. The Morgan fingerprint density at radius 3 is 2.26 bits per heavy atom. The first-order valence-electron chi connectivity index (χ1n) is 15.2. The van der Waals surface area contributed by atoms with E-state index < -0.39 is 29.7 Å². The Morgan fingerprint density at radius 2 is 1.58 bits per heavy atom. The van der Waals surface area contributed by atoms with Crippen LogP contribution in [0.1, 0.15) is 69.1 Å². The molecule has 1 aliphatic carbocycles. The number of esters is 1. The van der Waals surface area contributed by atoms with Gasteiger partial charge < -0.3 is 14.8 Å². The molecule has 0 spiro atoms. The third-order valence-electron chi connectivity index (χ3n) is 9.38. The summed E-state index contributed by atoms with van der Waals surface area (Å²) in [5.74, 6) is -0.494. The van der Waals surface area contributed by atoms with E-state index in [0.29, 0.717) is 12.8 Å². The summed E-state index contributed by atoms with van der Waals surface area (Å²) in [5, 5.41) is 3.60. The van der Waals surface area contributed by atoms with Crippen molar-refractivity contribution in [3.05, 3.63) is 113 Å². The molecule has 43 heavy (non-hydrogen) atoms. The molecule has 0 saturated carbocycles. The lowest BCUT2D eigenvalue weighted by Crippen LogP contribution is -2.50. The van der Waals surface area contributed by atoms with E-state index in [1.54, 1.807) is 4.90 Å². The number of fused-ring (bicyclic) bond motifs is 6. The summed E-state index contributed by atoms with van der Waals surface area (Å²) in [6.07, 6.45) is 6.71. The molecule has 1 saturated heterocycles. The Hall–Kier alpha value is -4.32. The van der Waals surface area contributed by atoms with Gasteiger partial charge in [-0.15, -0.1) is 0 Å². The highest BCUT2D eigenvalue weighted by Gasteiger charge is 2.61. The molecule has 6 nitrogen and oxygen atoms in total. The van der Waals surface area contributed by atoms with Gasteiger partial charge >= 0.3 is 12.1 Å². The van der Waals surface area contributed by atoms with Gasteiger partial charge in [-0.3, -0.25) is 4.90 Å². The fraction of sp³-hybridized carbons (Fsp3) is 0.351. The number of methoxy groups -OCH3 is 1. The molecule has 2 heterocycles. The molecule has 2 aliphatic heterocycles. The summed E-state index contributed by atoms with van der Waals surface area (Å²) >= 11 is 0. The van der Waals surface area contributed by atoms with Gasteiger partial charge in [0.25, 0.3) is 0 Å². The fourth-order valence-electron chi connectivity index (χ4n) is 7.24. The number of ether oxygens (including phenoxy) is 2. The quantitative estimate of drug-likeness (QED) is 0.218. The van der Waals surface area contributed by atoms with Gasteiger partial charge in [0.15, 0.2) is 0 Å². The number of benzene rings is 3. The number of carbonyl (C=O) groups excluding carboxylic acids is 2. The number of nitrogens with zero attached hydrogens (tertiary/aromatic N) is 1. The van der Waals surface area contributed by atoms with E-state index in [9.17, 15) is 9.59 Å². The SMILES string of the molecule is COC(=O)[C@@H]1C[C@]2(C/C=C(\C)CCC=C(C)C)c3ccccc3N[C@@H]2N1C(=O)OCC1c2ccccc2-c2ccccc21. The number of anilines is 1. The highest BCUT2D eigenvalue weighted by molar-refractivity contribution is 5.85. The topological polar surface area (TPSA) is 67.9 Å². The maximum atomic E-state index is 14.1. The summed E-state index contributed by atoms with van der Waals surface area (Å²) in [7, 11) is 1.38. The van der Waals surface area contributed by atoms with Crippen molar-refractivity contribution in [2.75, 3.05) is 19.0 Å². The third kappa shape index (κ3) is 5.13. The second-order valence-corrected chi connectivity index (χ2v) is 12.3. The zero-order valence-electron chi connectivity index (χ0n) is 25.4. The lowest BCUT2D eigenvalue weighted by atomic mass is 9.75. The van der Waals surface area contributed by atoms with Crippen molar-refractivity contribution in [2.45, 2.75) is 70.0 Å². The largest absolute Gasteiger partial charge is 0.467 e. The van der Waals surface area contributed by atoms with Gasteiger partial charge in [-0.05, 0) is 80.3 Å². The van der Waals surface area contributed by atoms with Gasteiger partial charge in [-0.25, -0.2) is 9.59 Å². The number of allylic oxidation sites excluding steroid dienone is 4. The first kappa shape index (κ1) is 28.8. The molecule has 0 aromatic heterocycles. The van der Waals surface area contributed by atoms with Crippen LogP contribution in [0, 0.1) is 0 Å². The number of hydrogen-bond donors (Lipinski definition) is 1. The van der Waals surface area contributed by atoms with Crippen molar-refractivity contribution in [3.63, 3.8) is 0 Å². The normalized spacial score (nSPS) is 21.8. The van der Waals surface area contributed by atoms with Crippen molar-refractivity contribution in [1.82, 2.24) is 4.90 Å². The fourth-order valence-corrected chi connectivity index (χ4v) is 7.24.